The van der Waals surface area contributed by atoms with Gasteiger partial charge in [-0.25, -0.2) is 4.39 Å². The summed E-state index contributed by atoms with van der Waals surface area (Å²) >= 11 is 3.78. The van der Waals surface area contributed by atoms with Gasteiger partial charge in [0, 0.05) is 11.2 Å². The van der Waals surface area contributed by atoms with Crippen molar-refractivity contribution < 1.29 is 13.9 Å². The van der Waals surface area contributed by atoms with Gasteiger partial charge in [0.15, 0.2) is 0 Å². The predicted octanol–water partition coefficient (Wildman–Crippen LogP) is 4.64. The summed E-state index contributed by atoms with van der Waals surface area (Å²) in [5.41, 5.74) is 1.02. The number of carbonyl (C=O) groups excluding carboxylic acids is 1. The summed E-state index contributed by atoms with van der Waals surface area (Å²) < 4.78 is 18.5. The van der Waals surface area contributed by atoms with E-state index in [1.54, 1.807) is 12.1 Å². The fourth-order valence-electron chi connectivity index (χ4n) is 3.73. The van der Waals surface area contributed by atoms with Gasteiger partial charge in [0.2, 0.25) is 0 Å². The zero-order chi connectivity index (χ0) is 15.5. The first-order chi connectivity index (χ1) is 10.6. The number of rotatable bonds is 4. The van der Waals surface area contributed by atoms with E-state index in [1.807, 2.05) is 0 Å². The first kappa shape index (κ1) is 16.0. The number of hydrogen-bond acceptors (Lipinski definition) is 2. The lowest BCUT2D eigenvalue weighted by molar-refractivity contribution is -0.144. The van der Waals surface area contributed by atoms with Crippen LogP contribution in [-0.2, 0) is 16.0 Å². The number of benzene rings is 1. The van der Waals surface area contributed by atoms with Gasteiger partial charge in [0.05, 0.1) is 5.92 Å². The van der Waals surface area contributed by atoms with Crippen LogP contribution in [0.15, 0.2) is 24.3 Å². The van der Waals surface area contributed by atoms with E-state index in [0.29, 0.717) is 12.3 Å². The average molecular weight is 369 g/mol. The Hall–Kier alpha value is -0.900. The van der Waals surface area contributed by atoms with Crippen molar-refractivity contribution in [2.75, 3.05) is 0 Å². The molecular formula is C18H22BrFO2. The van der Waals surface area contributed by atoms with E-state index < -0.39 is 0 Å². The van der Waals surface area contributed by atoms with Crippen LogP contribution in [0.4, 0.5) is 4.39 Å². The summed E-state index contributed by atoms with van der Waals surface area (Å²) in [5.74, 6) is 0.256. The molecule has 0 aromatic heterocycles. The van der Waals surface area contributed by atoms with Crippen LogP contribution < -0.4 is 0 Å². The maximum Gasteiger partial charge on any atom is 0.310 e. The van der Waals surface area contributed by atoms with E-state index in [9.17, 15) is 9.18 Å². The predicted molar refractivity (Wildman–Crippen MR) is 87.4 cm³/mol. The standard InChI is InChI=1S/C18H22BrFO2/c19-17(13-4-2-1-3-5-13)16-11-15(22-18(16)21)10-12-6-8-14(20)9-7-12/h6-9,13,15-17H,1-5,10-11H2/t15-,16+,17-/m1/s1. The number of hydrogen-bond donors (Lipinski definition) is 0. The largest absolute Gasteiger partial charge is 0.462 e. The SMILES string of the molecule is O=C1O[C@H](Cc2ccc(F)cc2)C[C@H]1[C@H](Br)C1CCCCC1. The molecule has 3 atom stereocenters. The Kier molecular flexibility index (Phi) is 5.17. The molecule has 2 aliphatic rings. The monoisotopic (exact) mass is 368 g/mol. The second-order valence-corrected chi connectivity index (χ2v) is 7.63. The van der Waals surface area contributed by atoms with Crippen LogP contribution in [0.5, 0.6) is 0 Å². The fourth-order valence-corrected chi connectivity index (χ4v) is 4.69. The topological polar surface area (TPSA) is 26.3 Å². The molecule has 120 valence electrons. The van der Waals surface area contributed by atoms with Crippen LogP contribution in [0.3, 0.4) is 0 Å². The molecule has 0 N–H and O–H groups in total. The summed E-state index contributed by atoms with van der Waals surface area (Å²) in [6.07, 6.45) is 7.64. The van der Waals surface area contributed by atoms with Crippen molar-refractivity contribution in [3.8, 4) is 0 Å². The fraction of sp³-hybridized carbons (Fsp3) is 0.611. The molecule has 0 bridgehead atoms. The Bertz CT molecular complexity index is 510. The van der Waals surface area contributed by atoms with Crippen LogP contribution in [0.2, 0.25) is 0 Å². The summed E-state index contributed by atoms with van der Waals surface area (Å²) in [6.45, 7) is 0. The highest BCUT2D eigenvalue weighted by Crippen LogP contribution is 2.39. The van der Waals surface area contributed by atoms with Gasteiger partial charge < -0.3 is 4.74 Å². The minimum absolute atomic E-state index is 0.0338. The van der Waals surface area contributed by atoms with Gasteiger partial charge >= 0.3 is 5.97 Å². The number of alkyl halides is 1. The molecular weight excluding hydrogens is 347 g/mol. The Balaban J connectivity index is 1.59. The van der Waals surface area contributed by atoms with E-state index in [0.717, 1.165) is 12.0 Å². The normalized spacial score (nSPS) is 27.6. The van der Waals surface area contributed by atoms with Crippen LogP contribution >= 0.6 is 15.9 Å². The molecule has 1 aromatic rings. The van der Waals surface area contributed by atoms with E-state index in [2.05, 4.69) is 15.9 Å². The Morgan fingerprint density at radius 3 is 2.55 bits per heavy atom. The molecule has 1 aromatic carbocycles. The highest BCUT2D eigenvalue weighted by atomic mass is 79.9. The van der Waals surface area contributed by atoms with E-state index in [4.69, 9.17) is 4.74 Å². The van der Waals surface area contributed by atoms with Crippen molar-refractivity contribution in [3.63, 3.8) is 0 Å². The van der Waals surface area contributed by atoms with Crippen molar-refractivity contribution in [1.29, 1.82) is 0 Å². The minimum atomic E-state index is -0.233. The second-order valence-electron chi connectivity index (χ2n) is 6.57. The number of carbonyl (C=O) groups is 1. The van der Waals surface area contributed by atoms with Crippen molar-refractivity contribution in [2.24, 2.45) is 11.8 Å². The van der Waals surface area contributed by atoms with Crippen LogP contribution in [0.1, 0.15) is 44.1 Å². The number of esters is 1. The quantitative estimate of drug-likeness (QED) is 0.571. The first-order valence-electron chi connectivity index (χ1n) is 8.22. The van der Waals surface area contributed by atoms with E-state index >= 15 is 0 Å². The van der Waals surface area contributed by atoms with Crippen molar-refractivity contribution in [2.45, 2.75) is 55.9 Å². The molecule has 2 fully saturated rings. The lowest BCUT2D eigenvalue weighted by atomic mass is 9.81. The minimum Gasteiger partial charge on any atom is -0.462 e. The number of ether oxygens (including phenoxy) is 1. The van der Waals surface area contributed by atoms with Crippen molar-refractivity contribution in [3.05, 3.63) is 35.6 Å². The van der Waals surface area contributed by atoms with Gasteiger partial charge in [-0.3, -0.25) is 4.79 Å². The molecule has 0 radical (unpaired) electrons. The maximum atomic E-state index is 12.9. The molecule has 4 heteroatoms. The zero-order valence-corrected chi connectivity index (χ0v) is 14.2. The van der Waals surface area contributed by atoms with Gasteiger partial charge in [0.25, 0.3) is 0 Å². The average Bonchev–Trinajstić information content (AvgIpc) is 2.90. The van der Waals surface area contributed by atoms with Gasteiger partial charge in [0.1, 0.15) is 11.9 Å². The lowest BCUT2D eigenvalue weighted by Crippen LogP contribution is -2.28. The molecule has 0 unspecified atom stereocenters. The summed E-state index contributed by atoms with van der Waals surface area (Å²) in [6, 6.07) is 6.45. The third-order valence-electron chi connectivity index (χ3n) is 4.96. The molecule has 1 saturated carbocycles. The van der Waals surface area contributed by atoms with Gasteiger partial charge in [-0.05, 0) is 42.9 Å². The van der Waals surface area contributed by atoms with Gasteiger partial charge in [-0.1, -0.05) is 47.3 Å². The summed E-state index contributed by atoms with van der Waals surface area (Å²) in [4.78, 5) is 12.4. The molecule has 0 amide bonds. The highest BCUT2D eigenvalue weighted by Gasteiger charge is 2.41. The Labute approximate surface area is 139 Å². The third kappa shape index (κ3) is 3.70. The van der Waals surface area contributed by atoms with E-state index in [-0.39, 0.29) is 28.6 Å². The smallest absolute Gasteiger partial charge is 0.310 e. The zero-order valence-electron chi connectivity index (χ0n) is 12.6. The van der Waals surface area contributed by atoms with Crippen LogP contribution in [-0.4, -0.2) is 16.9 Å². The number of halogens is 2. The summed E-state index contributed by atoms with van der Waals surface area (Å²) in [7, 11) is 0. The first-order valence-corrected chi connectivity index (χ1v) is 9.14. The molecule has 0 spiro atoms. The molecule has 1 saturated heterocycles. The van der Waals surface area contributed by atoms with Gasteiger partial charge in [-0.15, -0.1) is 0 Å². The van der Waals surface area contributed by atoms with Crippen LogP contribution in [0.25, 0.3) is 0 Å². The molecule has 3 rings (SSSR count). The molecule has 22 heavy (non-hydrogen) atoms. The summed E-state index contributed by atoms with van der Waals surface area (Å²) in [5, 5.41) is 0. The number of cyclic esters (lactones) is 1. The van der Waals surface area contributed by atoms with Crippen molar-refractivity contribution in [1.82, 2.24) is 0 Å². The maximum absolute atomic E-state index is 12.9. The molecule has 1 aliphatic heterocycles. The third-order valence-corrected chi connectivity index (χ3v) is 6.35. The second kappa shape index (κ2) is 7.12. The van der Waals surface area contributed by atoms with Gasteiger partial charge in [-0.2, -0.15) is 0 Å². The molecule has 2 nitrogen and oxygen atoms in total. The highest BCUT2D eigenvalue weighted by molar-refractivity contribution is 9.09. The van der Waals surface area contributed by atoms with Crippen LogP contribution in [0, 0.1) is 17.7 Å². The molecule has 1 aliphatic carbocycles. The lowest BCUT2D eigenvalue weighted by Gasteiger charge is -2.28. The Morgan fingerprint density at radius 2 is 1.86 bits per heavy atom. The van der Waals surface area contributed by atoms with Crippen molar-refractivity contribution >= 4 is 21.9 Å². The van der Waals surface area contributed by atoms with E-state index in [1.165, 1.54) is 44.2 Å². The Morgan fingerprint density at radius 1 is 1.18 bits per heavy atom. The molecule has 1 heterocycles.